The molecule has 2 amide bonds. The molecule has 176 valence electrons. The van der Waals surface area contributed by atoms with Gasteiger partial charge in [0.2, 0.25) is 0 Å². The summed E-state index contributed by atoms with van der Waals surface area (Å²) in [4.78, 5) is 34.5. The van der Waals surface area contributed by atoms with Gasteiger partial charge in [0.25, 0.3) is 5.91 Å². The maximum Gasteiger partial charge on any atom is 0.394 e. The highest BCUT2D eigenvalue weighted by Gasteiger charge is 2.18. The Morgan fingerprint density at radius 2 is 1.62 bits per heavy atom. The van der Waals surface area contributed by atoms with Crippen molar-refractivity contribution < 1.29 is 33.7 Å². The van der Waals surface area contributed by atoms with Gasteiger partial charge in [-0.1, -0.05) is 40.9 Å². The zero-order chi connectivity index (χ0) is 25.0. The van der Waals surface area contributed by atoms with Crippen LogP contribution < -0.4 is 15.4 Å². The van der Waals surface area contributed by atoms with E-state index in [1.54, 1.807) is 0 Å². The molecule has 0 unspecified atom stereocenters. The molecule has 4 N–H and O–H groups in total. The summed E-state index contributed by atoms with van der Waals surface area (Å²) >= 11 is 18.0. The highest BCUT2D eigenvalue weighted by molar-refractivity contribution is 6.39. The number of ether oxygens (including phenoxy) is 1. The fourth-order valence-corrected chi connectivity index (χ4v) is 3.49. The Morgan fingerprint density at radius 3 is 2.24 bits per heavy atom. The minimum Gasteiger partial charge on any atom is -0.507 e. The Kier molecular flexibility index (Phi) is 7.83. The van der Waals surface area contributed by atoms with Crippen LogP contribution in [0.5, 0.6) is 17.2 Å². The second-order valence-electron chi connectivity index (χ2n) is 6.74. The Morgan fingerprint density at radius 1 is 0.941 bits per heavy atom. The predicted molar refractivity (Wildman–Crippen MR) is 123 cm³/mol. The van der Waals surface area contributed by atoms with E-state index in [4.69, 9.17) is 44.6 Å². The van der Waals surface area contributed by atoms with Gasteiger partial charge in [0, 0.05) is 12.2 Å². The Hall–Kier alpha value is -3.53. The first-order chi connectivity index (χ1) is 16.0. The lowest BCUT2D eigenvalue weighted by molar-refractivity contribution is -0.147. The number of carboxylic acid groups (broad SMARTS) is 1. The third-order valence-corrected chi connectivity index (χ3v) is 5.17. The van der Waals surface area contributed by atoms with Crippen molar-refractivity contribution in [2.75, 3.05) is 5.32 Å². The normalized spacial score (nSPS) is 10.5. The second kappa shape index (κ2) is 10.6. The van der Waals surface area contributed by atoms with E-state index in [0.717, 1.165) is 0 Å². The van der Waals surface area contributed by atoms with Crippen molar-refractivity contribution in [1.82, 2.24) is 5.32 Å². The summed E-state index contributed by atoms with van der Waals surface area (Å²) in [5.74, 6) is -4.47. The molecule has 8 nitrogen and oxygen atoms in total. The number of anilines is 1. The molecule has 0 fully saturated rings. The molecule has 0 aliphatic heterocycles. The van der Waals surface area contributed by atoms with Crippen LogP contribution in [0.4, 0.5) is 10.1 Å². The number of rotatable bonds is 6. The molecule has 0 atom stereocenters. The molecule has 3 aromatic rings. The van der Waals surface area contributed by atoms with Gasteiger partial charge in [-0.05, 0) is 48.0 Å². The van der Waals surface area contributed by atoms with E-state index in [1.165, 1.54) is 48.5 Å². The van der Waals surface area contributed by atoms with Gasteiger partial charge < -0.3 is 25.6 Å². The third kappa shape index (κ3) is 6.07. The van der Waals surface area contributed by atoms with Crippen molar-refractivity contribution in [2.45, 2.75) is 6.54 Å². The molecule has 0 radical (unpaired) electrons. The zero-order valence-corrected chi connectivity index (χ0v) is 19.1. The molecule has 3 rings (SSSR count). The monoisotopic (exact) mass is 526 g/mol. The predicted octanol–water partition coefficient (Wildman–Crippen LogP) is 5.24. The molecule has 12 heteroatoms. The average molecular weight is 528 g/mol. The Labute approximate surface area is 206 Å². The fourth-order valence-electron chi connectivity index (χ4n) is 2.72. The van der Waals surface area contributed by atoms with Gasteiger partial charge in [-0.3, -0.25) is 9.59 Å². The van der Waals surface area contributed by atoms with Crippen LogP contribution in [0.3, 0.4) is 0 Å². The van der Waals surface area contributed by atoms with Crippen molar-refractivity contribution >= 4 is 58.3 Å². The topological polar surface area (TPSA) is 125 Å². The van der Waals surface area contributed by atoms with Crippen LogP contribution in [0, 0.1) is 5.82 Å². The molecular weight excluding hydrogens is 514 g/mol. The number of aromatic hydroxyl groups is 1. The number of amides is 2. The van der Waals surface area contributed by atoms with Crippen molar-refractivity contribution in [2.24, 2.45) is 0 Å². The number of hydrogen-bond acceptors (Lipinski definition) is 5. The van der Waals surface area contributed by atoms with Crippen LogP contribution in [-0.2, 0) is 16.1 Å². The van der Waals surface area contributed by atoms with Crippen molar-refractivity contribution in [3.05, 3.63) is 80.5 Å². The van der Waals surface area contributed by atoms with E-state index in [-0.39, 0.29) is 50.1 Å². The first kappa shape index (κ1) is 25.1. The Bertz CT molecular complexity index is 1280. The number of aliphatic carboxylic acids is 1. The quantitative estimate of drug-likeness (QED) is 0.325. The van der Waals surface area contributed by atoms with Gasteiger partial charge in [0.05, 0.1) is 20.6 Å². The van der Waals surface area contributed by atoms with E-state index in [0.29, 0.717) is 5.56 Å². The number of nitrogens with one attached hydrogen (secondary N) is 2. The minimum absolute atomic E-state index is 0.0184. The molecule has 0 aliphatic carbocycles. The van der Waals surface area contributed by atoms with E-state index < -0.39 is 23.6 Å². The molecule has 0 aliphatic rings. The number of benzene rings is 3. The SMILES string of the molecule is O=C(O)C(=O)Nc1cc(Cl)c(Oc2ccc(O)c(C(=O)NCc3ccc(F)c(Cl)c3)c2)c(Cl)c1. The van der Waals surface area contributed by atoms with Crippen molar-refractivity contribution in [3.63, 3.8) is 0 Å². The summed E-state index contributed by atoms with van der Waals surface area (Å²) in [6, 6.07) is 10.3. The van der Waals surface area contributed by atoms with Gasteiger partial charge in [-0.15, -0.1) is 0 Å². The number of phenols is 1. The number of carbonyl (C=O) groups is 3. The van der Waals surface area contributed by atoms with E-state index in [2.05, 4.69) is 10.6 Å². The molecule has 0 aromatic heterocycles. The molecule has 34 heavy (non-hydrogen) atoms. The van der Waals surface area contributed by atoms with Crippen LogP contribution in [0.2, 0.25) is 15.1 Å². The zero-order valence-electron chi connectivity index (χ0n) is 16.9. The number of halogens is 4. The van der Waals surface area contributed by atoms with Crippen LogP contribution >= 0.6 is 34.8 Å². The summed E-state index contributed by atoms with van der Waals surface area (Å²) in [6.07, 6.45) is 0. The highest BCUT2D eigenvalue weighted by atomic mass is 35.5. The summed E-state index contributed by atoms with van der Waals surface area (Å²) in [6.45, 7) is 0.0184. The third-order valence-electron chi connectivity index (χ3n) is 4.32. The standard InChI is InChI=1S/C22H14Cl3FN2O6/c23-14-5-10(1-3-17(14)26)9-27-20(30)13-8-12(2-4-18(13)29)34-19-15(24)6-11(7-16(19)25)28-21(31)22(32)33/h1-8,29H,9H2,(H,27,30)(H,28,31)(H,32,33). The van der Waals surface area contributed by atoms with Crippen LogP contribution in [-0.4, -0.2) is 28.0 Å². The largest absolute Gasteiger partial charge is 0.507 e. The van der Waals surface area contributed by atoms with Crippen molar-refractivity contribution in [1.29, 1.82) is 0 Å². The molecule has 0 saturated carbocycles. The van der Waals surface area contributed by atoms with Crippen LogP contribution in [0.25, 0.3) is 0 Å². The summed E-state index contributed by atoms with van der Waals surface area (Å²) in [7, 11) is 0. The number of carbonyl (C=O) groups excluding carboxylic acids is 2. The van der Waals surface area contributed by atoms with Gasteiger partial charge >= 0.3 is 11.9 Å². The van der Waals surface area contributed by atoms with E-state index >= 15 is 0 Å². The lowest BCUT2D eigenvalue weighted by atomic mass is 10.1. The van der Waals surface area contributed by atoms with Gasteiger partial charge in [0.1, 0.15) is 17.3 Å². The van der Waals surface area contributed by atoms with E-state index in [1.807, 2.05) is 0 Å². The fraction of sp³-hybridized carbons (Fsp3) is 0.0455. The highest BCUT2D eigenvalue weighted by Crippen LogP contribution is 2.39. The lowest BCUT2D eigenvalue weighted by Crippen LogP contribution is -2.23. The van der Waals surface area contributed by atoms with Crippen LogP contribution in [0.1, 0.15) is 15.9 Å². The lowest BCUT2D eigenvalue weighted by Gasteiger charge is -2.13. The molecule has 0 heterocycles. The summed E-state index contributed by atoms with van der Waals surface area (Å²) < 4.78 is 18.9. The van der Waals surface area contributed by atoms with Gasteiger partial charge in [0.15, 0.2) is 5.75 Å². The molecule has 0 saturated heterocycles. The van der Waals surface area contributed by atoms with Crippen LogP contribution in [0.15, 0.2) is 48.5 Å². The number of hydrogen-bond donors (Lipinski definition) is 4. The second-order valence-corrected chi connectivity index (χ2v) is 7.96. The van der Waals surface area contributed by atoms with Crippen molar-refractivity contribution in [3.8, 4) is 17.2 Å². The smallest absolute Gasteiger partial charge is 0.394 e. The summed E-state index contributed by atoms with van der Waals surface area (Å²) in [5.41, 5.74) is 0.449. The summed E-state index contributed by atoms with van der Waals surface area (Å²) in [5, 5.41) is 23.2. The van der Waals surface area contributed by atoms with Gasteiger partial charge in [-0.2, -0.15) is 0 Å². The molecular formula is C22H14Cl3FN2O6. The molecule has 0 spiro atoms. The number of phenolic OH excluding ortho intramolecular Hbond substituents is 1. The first-order valence-electron chi connectivity index (χ1n) is 9.31. The average Bonchev–Trinajstić information content (AvgIpc) is 2.77. The number of carboxylic acids is 1. The first-order valence-corrected chi connectivity index (χ1v) is 10.4. The Balaban J connectivity index is 1.76. The molecule has 3 aromatic carbocycles. The van der Waals surface area contributed by atoms with E-state index in [9.17, 15) is 23.9 Å². The van der Waals surface area contributed by atoms with Gasteiger partial charge in [-0.25, -0.2) is 9.18 Å². The minimum atomic E-state index is -1.69. The maximum absolute atomic E-state index is 13.3. The maximum atomic E-state index is 13.3. The molecule has 0 bridgehead atoms.